The van der Waals surface area contributed by atoms with Crippen LogP contribution in [0.3, 0.4) is 0 Å². The van der Waals surface area contributed by atoms with Crippen LogP contribution in [0.4, 0.5) is 16.2 Å². The molecule has 5 nitrogen and oxygen atoms in total. The van der Waals surface area contributed by atoms with Gasteiger partial charge in [0.05, 0.1) is 11.3 Å². The van der Waals surface area contributed by atoms with Gasteiger partial charge in [-0.2, -0.15) is 0 Å². The van der Waals surface area contributed by atoms with Crippen LogP contribution in [0.15, 0.2) is 48.5 Å². The number of nitrogens with zero attached hydrogens (tertiary/aromatic N) is 1. The Balaban J connectivity index is 2.12. The number of hydrogen-bond acceptors (Lipinski definition) is 2. The molecular formula is C16H16ClN3O2. The summed E-state index contributed by atoms with van der Waals surface area (Å²) in [6, 6.07) is 13.2. The van der Waals surface area contributed by atoms with Gasteiger partial charge in [-0.1, -0.05) is 23.7 Å². The van der Waals surface area contributed by atoms with Crippen molar-refractivity contribution in [2.24, 2.45) is 0 Å². The number of benzene rings is 2. The van der Waals surface area contributed by atoms with E-state index in [1.54, 1.807) is 62.6 Å². The zero-order valence-electron chi connectivity index (χ0n) is 12.3. The van der Waals surface area contributed by atoms with Crippen LogP contribution in [0.2, 0.25) is 5.02 Å². The zero-order chi connectivity index (χ0) is 16.1. The standard InChI is InChI=1S/C16H16ClN3O2/c1-20(2)15(21)13-5-3-4-6-14(13)19-16(22)18-12-9-7-11(17)8-10-12/h3-10H,1-2H3,(H2,18,19,22). The third kappa shape index (κ3) is 3.99. The van der Waals surface area contributed by atoms with Gasteiger partial charge in [-0.3, -0.25) is 4.79 Å². The summed E-state index contributed by atoms with van der Waals surface area (Å²) in [6.07, 6.45) is 0. The van der Waals surface area contributed by atoms with E-state index in [0.29, 0.717) is 22.0 Å². The first-order valence-electron chi connectivity index (χ1n) is 6.61. The molecule has 2 rings (SSSR count). The van der Waals surface area contributed by atoms with Gasteiger partial charge in [-0.25, -0.2) is 4.79 Å². The number of anilines is 2. The molecule has 3 amide bonds. The molecule has 0 heterocycles. The number of hydrogen-bond donors (Lipinski definition) is 2. The van der Waals surface area contributed by atoms with Gasteiger partial charge in [0.2, 0.25) is 0 Å². The molecule has 22 heavy (non-hydrogen) atoms. The summed E-state index contributed by atoms with van der Waals surface area (Å²) in [5, 5.41) is 5.95. The first-order valence-corrected chi connectivity index (χ1v) is 6.99. The van der Waals surface area contributed by atoms with Crippen LogP contribution in [-0.2, 0) is 0 Å². The van der Waals surface area contributed by atoms with E-state index in [1.807, 2.05) is 0 Å². The summed E-state index contributed by atoms with van der Waals surface area (Å²) >= 11 is 5.79. The van der Waals surface area contributed by atoms with Crippen molar-refractivity contribution < 1.29 is 9.59 Å². The van der Waals surface area contributed by atoms with Crippen molar-refractivity contribution in [3.63, 3.8) is 0 Å². The molecule has 0 aromatic heterocycles. The Morgan fingerprint density at radius 3 is 2.23 bits per heavy atom. The molecule has 0 bridgehead atoms. The Labute approximate surface area is 133 Å². The lowest BCUT2D eigenvalue weighted by atomic mass is 10.1. The minimum atomic E-state index is -0.429. The predicted octanol–water partition coefficient (Wildman–Crippen LogP) is 3.69. The van der Waals surface area contributed by atoms with Crippen molar-refractivity contribution in [2.75, 3.05) is 24.7 Å². The summed E-state index contributed by atoms with van der Waals surface area (Å²) in [5.41, 5.74) is 1.49. The highest BCUT2D eigenvalue weighted by Gasteiger charge is 2.14. The van der Waals surface area contributed by atoms with Crippen LogP contribution < -0.4 is 10.6 Å². The molecule has 0 fully saturated rings. The molecule has 0 spiro atoms. The van der Waals surface area contributed by atoms with Crippen LogP contribution in [0.1, 0.15) is 10.4 Å². The Morgan fingerprint density at radius 2 is 1.59 bits per heavy atom. The largest absolute Gasteiger partial charge is 0.345 e. The van der Waals surface area contributed by atoms with Crippen molar-refractivity contribution in [2.45, 2.75) is 0 Å². The molecule has 0 aliphatic rings. The van der Waals surface area contributed by atoms with Gasteiger partial charge >= 0.3 is 6.03 Å². The number of urea groups is 1. The molecule has 0 saturated heterocycles. The van der Waals surface area contributed by atoms with Crippen LogP contribution >= 0.6 is 11.6 Å². The fraction of sp³-hybridized carbons (Fsp3) is 0.125. The molecule has 6 heteroatoms. The topological polar surface area (TPSA) is 61.4 Å². The molecule has 0 aliphatic carbocycles. The van der Waals surface area contributed by atoms with Crippen LogP contribution in [0.5, 0.6) is 0 Å². The quantitative estimate of drug-likeness (QED) is 0.907. The number of carbonyl (C=O) groups excluding carboxylic acids is 2. The fourth-order valence-corrected chi connectivity index (χ4v) is 1.96. The maximum Gasteiger partial charge on any atom is 0.323 e. The van der Waals surface area contributed by atoms with Crippen molar-refractivity contribution in [1.29, 1.82) is 0 Å². The highest BCUT2D eigenvalue weighted by molar-refractivity contribution is 6.30. The Morgan fingerprint density at radius 1 is 0.955 bits per heavy atom. The van der Waals surface area contributed by atoms with Crippen LogP contribution in [0.25, 0.3) is 0 Å². The summed E-state index contributed by atoms with van der Waals surface area (Å²) in [6.45, 7) is 0. The van der Waals surface area contributed by atoms with Gasteiger partial charge in [0, 0.05) is 24.8 Å². The highest BCUT2D eigenvalue weighted by Crippen LogP contribution is 2.18. The fourth-order valence-electron chi connectivity index (χ4n) is 1.84. The van der Waals surface area contributed by atoms with E-state index < -0.39 is 6.03 Å². The first kappa shape index (κ1) is 15.9. The Hall–Kier alpha value is -2.53. The van der Waals surface area contributed by atoms with Gasteiger partial charge in [-0.05, 0) is 36.4 Å². The van der Waals surface area contributed by atoms with E-state index in [-0.39, 0.29) is 5.91 Å². The van der Waals surface area contributed by atoms with E-state index >= 15 is 0 Å². The molecule has 2 N–H and O–H groups in total. The van der Waals surface area contributed by atoms with E-state index in [0.717, 1.165) is 0 Å². The third-order valence-electron chi connectivity index (χ3n) is 2.91. The lowest BCUT2D eigenvalue weighted by molar-refractivity contribution is 0.0828. The molecule has 114 valence electrons. The number of para-hydroxylation sites is 1. The summed E-state index contributed by atoms with van der Waals surface area (Å²) in [5.74, 6) is -0.178. The SMILES string of the molecule is CN(C)C(=O)c1ccccc1NC(=O)Nc1ccc(Cl)cc1. The summed E-state index contributed by atoms with van der Waals surface area (Å²) in [7, 11) is 3.32. The molecular weight excluding hydrogens is 302 g/mol. The smallest absolute Gasteiger partial charge is 0.323 e. The van der Waals surface area contributed by atoms with Gasteiger partial charge in [0.25, 0.3) is 5.91 Å². The molecule has 2 aromatic rings. The number of nitrogens with one attached hydrogen (secondary N) is 2. The summed E-state index contributed by atoms with van der Waals surface area (Å²) < 4.78 is 0. The van der Waals surface area contributed by atoms with Crippen LogP contribution in [0, 0.1) is 0 Å². The molecule has 0 atom stereocenters. The zero-order valence-corrected chi connectivity index (χ0v) is 13.0. The van der Waals surface area contributed by atoms with Gasteiger partial charge in [0.1, 0.15) is 0 Å². The highest BCUT2D eigenvalue weighted by atomic mass is 35.5. The first-order chi connectivity index (χ1) is 10.5. The van der Waals surface area contributed by atoms with E-state index in [2.05, 4.69) is 10.6 Å². The lowest BCUT2D eigenvalue weighted by Crippen LogP contribution is -2.25. The molecule has 0 aliphatic heterocycles. The number of halogens is 1. The minimum absolute atomic E-state index is 0.178. The minimum Gasteiger partial charge on any atom is -0.345 e. The van der Waals surface area contributed by atoms with E-state index in [4.69, 9.17) is 11.6 Å². The molecule has 0 saturated carbocycles. The monoisotopic (exact) mass is 317 g/mol. The maximum atomic E-state index is 12.1. The van der Waals surface area contributed by atoms with E-state index in [1.165, 1.54) is 4.90 Å². The third-order valence-corrected chi connectivity index (χ3v) is 3.17. The van der Waals surface area contributed by atoms with Crippen molar-refractivity contribution in [3.05, 3.63) is 59.1 Å². The lowest BCUT2D eigenvalue weighted by Gasteiger charge is -2.15. The van der Waals surface area contributed by atoms with Gasteiger partial charge in [0.15, 0.2) is 0 Å². The Kier molecular flexibility index (Phi) is 5.01. The second-order valence-corrected chi connectivity index (χ2v) is 5.27. The average molecular weight is 318 g/mol. The maximum absolute atomic E-state index is 12.1. The van der Waals surface area contributed by atoms with Crippen molar-refractivity contribution >= 4 is 34.9 Å². The molecule has 0 unspecified atom stereocenters. The van der Waals surface area contributed by atoms with E-state index in [9.17, 15) is 9.59 Å². The number of rotatable bonds is 3. The second-order valence-electron chi connectivity index (χ2n) is 4.83. The molecule has 0 radical (unpaired) electrons. The van der Waals surface area contributed by atoms with Gasteiger partial charge < -0.3 is 15.5 Å². The van der Waals surface area contributed by atoms with Gasteiger partial charge in [-0.15, -0.1) is 0 Å². The van der Waals surface area contributed by atoms with Crippen LogP contribution in [-0.4, -0.2) is 30.9 Å². The average Bonchev–Trinajstić information content (AvgIpc) is 2.49. The number of carbonyl (C=O) groups is 2. The summed E-state index contributed by atoms with van der Waals surface area (Å²) in [4.78, 5) is 25.6. The van der Waals surface area contributed by atoms with Crippen molar-refractivity contribution in [1.82, 2.24) is 4.90 Å². The second kappa shape index (κ2) is 6.95. The normalized spacial score (nSPS) is 9.95. The Bertz CT molecular complexity index is 684. The molecule has 2 aromatic carbocycles. The predicted molar refractivity (Wildman–Crippen MR) is 88.6 cm³/mol. The van der Waals surface area contributed by atoms with Crippen molar-refractivity contribution in [3.8, 4) is 0 Å². The number of amides is 3.